The molecule has 132 valence electrons. The summed E-state index contributed by atoms with van der Waals surface area (Å²) in [5.41, 5.74) is 2.85. The highest BCUT2D eigenvalue weighted by Gasteiger charge is 2.08. The van der Waals surface area contributed by atoms with Gasteiger partial charge in [-0.2, -0.15) is 5.26 Å². The average molecular weight is 356 g/mol. The molecular weight excluding hydrogens is 340 g/mol. The van der Waals surface area contributed by atoms with Gasteiger partial charge in [-0.25, -0.2) is 4.98 Å². The molecule has 0 fully saturated rings. The maximum atomic E-state index is 12.5. The summed E-state index contributed by atoms with van der Waals surface area (Å²) in [6.07, 6.45) is 1.53. The van der Waals surface area contributed by atoms with Crippen LogP contribution < -0.4 is 10.6 Å². The zero-order valence-corrected chi connectivity index (χ0v) is 14.6. The van der Waals surface area contributed by atoms with Crippen molar-refractivity contribution in [3.8, 4) is 6.07 Å². The van der Waals surface area contributed by atoms with Gasteiger partial charge in [0, 0.05) is 28.7 Å². The summed E-state index contributed by atoms with van der Waals surface area (Å²) in [5, 5.41) is 14.8. The van der Waals surface area contributed by atoms with Gasteiger partial charge in [0.1, 0.15) is 5.82 Å². The predicted molar refractivity (Wildman–Crippen MR) is 103 cm³/mol. The molecular formula is C21H16N4O2. The fraction of sp³-hybridized carbons (Fsp3) is 0.0476. The predicted octanol–water partition coefficient (Wildman–Crippen LogP) is 4.15. The molecule has 1 amide bonds. The molecule has 2 N–H and O–H groups in total. The molecule has 27 heavy (non-hydrogen) atoms. The molecule has 0 radical (unpaired) electrons. The second-order valence-electron chi connectivity index (χ2n) is 5.84. The molecule has 0 aliphatic carbocycles. The van der Waals surface area contributed by atoms with Gasteiger partial charge in [-0.1, -0.05) is 6.07 Å². The van der Waals surface area contributed by atoms with Crippen molar-refractivity contribution in [2.24, 2.45) is 0 Å². The first-order chi connectivity index (χ1) is 13.0. The number of nitriles is 1. The van der Waals surface area contributed by atoms with Crippen LogP contribution in [0.3, 0.4) is 0 Å². The number of hydrogen-bond donors (Lipinski definition) is 2. The molecule has 0 aliphatic heterocycles. The Kier molecular flexibility index (Phi) is 5.24. The lowest BCUT2D eigenvalue weighted by Gasteiger charge is -2.09. The van der Waals surface area contributed by atoms with Crippen molar-refractivity contribution in [2.45, 2.75) is 6.92 Å². The van der Waals surface area contributed by atoms with Crippen LogP contribution in [0.4, 0.5) is 17.2 Å². The highest BCUT2D eigenvalue weighted by Crippen LogP contribution is 2.18. The standard InChI is InChI=1S/C21H16N4O2/c1-14(26)16-5-7-18(8-6-16)25-21(27)17-9-10-23-20(12-17)24-19-4-2-3-15(11-19)13-22/h2-12H,1H3,(H,23,24)(H,25,27). The molecule has 1 aromatic heterocycles. The zero-order valence-electron chi connectivity index (χ0n) is 14.6. The molecule has 2 aromatic carbocycles. The number of amides is 1. The van der Waals surface area contributed by atoms with E-state index in [1.165, 1.54) is 13.1 Å². The molecule has 0 atom stereocenters. The largest absolute Gasteiger partial charge is 0.340 e. The Morgan fingerprint density at radius 3 is 2.44 bits per heavy atom. The number of aromatic nitrogens is 1. The van der Waals surface area contributed by atoms with E-state index in [2.05, 4.69) is 21.7 Å². The third-order valence-corrected chi connectivity index (χ3v) is 3.84. The quantitative estimate of drug-likeness (QED) is 0.670. The smallest absolute Gasteiger partial charge is 0.255 e. The summed E-state index contributed by atoms with van der Waals surface area (Å²) in [6.45, 7) is 1.49. The summed E-state index contributed by atoms with van der Waals surface area (Å²) in [7, 11) is 0. The summed E-state index contributed by atoms with van der Waals surface area (Å²) in [5.74, 6) is 0.171. The maximum absolute atomic E-state index is 12.5. The Bertz CT molecular complexity index is 1040. The summed E-state index contributed by atoms with van der Waals surface area (Å²) < 4.78 is 0. The van der Waals surface area contributed by atoms with Crippen molar-refractivity contribution in [1.29, 1.82) is 5.26 Å². The van der Waals surface area contributed by atoms with Gasteiger partial charge in [0.05, 0.1) is 11.6 Å². The van der Waals surface area contributed by atoms with Crippen molar-refractivity contribution in [3.63, 3.8) is 0 Å². The van der Waals surface area contributed by atoms with Gasteiger partial charge in [0.2, 0.25) is 0 Å². The lowest BCUT2D eigenvalue weighted by Crippen LogP contribution is -2.12. The highest BCUT2D eigenvalue weighted by molar-refractivity contribution is 6.05. The van der Waals surface area contributed by atoms with Crippen molar-refractivity contribution >= 4 is 28.9 Å². The normalized spacial score (nSPS) is 9.93. The first-order valence-electron chi connectivity index (χ1n) is 8.21. The number of carbonyl (C=O) groups is 2. The number of hydrogen-bond acceptors (Lipinski definition) is 5. The van der Waals surface area contributed by atoms with E-state index in [0.29, 0.717) is 33.9 Å². The zero-order chi connectivity index (χ0) is 19.2. The second kappa shape index (κ2) is 7.93. The van der Waals surface area contributed by atoms with Gasteiger partial charge in [0.25, 0.3) is 5.91 Å². The number of nitrogens with zero attached hydrogens (tertiary/aromatic N) is 2. The lowest BCUT2D eigenvalue weighted by atomic mass is 10.1. The van der Waals surface area contributed by atoms with Crippen LogP contribution in [-0.4, -0.2) is 16.7 Å². The van der Waals surface area contributed by atoms with Crippen LogP contribution in [0.2, 0.25) is 0 Å². The fourth-order valence-corrected chi connectivity index (χ4v) is 2.45. The van der Waals surface area contributed by atoms with Gasteiger partial charge in [-0.05, 0) is 61.5 Å². The molecule has 3 rings (SSSR count). The van der Waals surface area contributed by atoms with E-state index in [0.717, 1.165) is 0 Å². The first-order valence-corrected chi connectivity index (χ1v) is 8.21. The van der Waals surface area contributed by atoms with Gasteiger partial charge in [-0.3, -0.25) is 9.59 Å². The number of benzene rings is 2. The first kappa shape index (κ1) is 17.8. The van der Waals surface area contributed by atoms with Gasteiger partial charge in [0.15, 0.2) is 5.78 Å². The second-order valence-corrected chi connectivity index (χ2v) is 5.84. The van der Waals surface area contributed by atoms with Crippen molar-refractivity contribution < 1.29 is 9.59 Å². The molecule has 3 aromatic rings. The third kappa shape index (κ3) is 4.55. The summed E-state index contributed by atoms with van der Waals surface area (Å²) in [4.78, 5) is 28.0. The van der Waals surface area contributed by atoms with Crippen LogP contribution in [-0.2, 0) is 0 Å². The Morgan fingerprint density at radius 2 is 1.74 bits per heavy atom. The van der Waals surface area contributed by atoms with E-state index in [-0.39, 0.29) is 11.7 Å². The average Bonchev–Trinajstić information content (AvgIpc) is 2.68. The number of Topliss-reactive ketones (excluding diaryl/α,β-unsaturated/α-hetero) is 1. The van der Waals surface area contributed by atoms with E-state index >= 15 is 0 Å². The van der Waals surface area contributed by atoms with Crippen LogP contribution in [0, 0.1) is 11.3 Å². The Morgan fingerprint density at radius 1 is 0.963 bits per heavy atom. The minimum absolute atomic E-state index is 0.0295. The topological polar surface area (TPSA) is 94.9 Å². The van der Waals surface area contributed by atoms with Crippen molar-refractivity contribution in [3.05, 3.63) is 83.6 Å². The lowest BCUT2D eigenvalue weighted by molar-refractivity contribution is 0.101. The molecule has 0 saturated carbocycles. The monoisotopic (exact) mass is 356 g/mol. The minimum Gasteiger partial charge on any atom is -0.340 e. The molecule has 0 aliphatic rings. The molecule has 0 spiro atoms. The van der Waals surface area contributed by atoms with Gasteiger partial charge in [-0.15, -0.1) is 0 Å². The maximum Gasteiger partial charge on any atom is 0.255 e. The Labute approximate surface area is 156 Å². The molecule has 0 bridgehead atoms. The van der Waals surface area contributed by atoms with Crippen LogP contribution in [0.15, 0.2) is 66.9 Å². The fourth-order valence-electron chi connectivity index (χ4n) is 2.45. The van der Waals surface area contributed by atoms with E-state index in [9.17, 15) is 9.59 Å². The number of nitrogens with one attached hydrogen (secondary N) is 2. The van der Waals surface area contributed by atoms with Gasteiger partial charge >= 0.3 is 0 Å². The van der Waals surface area contributed by atoms with Crippen LogP contribution >= 0.6 is 0 Å². The Balaban J connectivity index is 1.73. The Hall–Kier alpha value is -3.98. The van der Waals surface area contributed by atoms with E-state index < -0.39 is 0 Å². The van der Waals surface area contributed by atoms with Crippen LogP contribution in [0.5, 0.6) is 0 Å². The van der Waals surface area contributed by atoms with Crippen LogP contribution in [0.1, 0.15) is 33.2 Å². The number of pyridine rings is 1. The number of carbonyl (C=O) groups excluding carboxylic acids is 2. The number of anilines is 3. The highest BCUT2D eigenvalue weighted by atomic mass is 16.1. The molecule has 1 heterocycles. The number of rotatable bonds is 5. The molecule has 0 unspecified atom stereocenters. The van der Waals surface area contributed by atoms with E-state index in [4.69, 9.17) is 5.26 Å². The van der Waals surface area contributed by atoms with Gasteiger partial charge < -0.3 is 10.6 Å². The van der Waals surface area contributed by atoms with E-state index in [1.54, 1.807) is 54.6 Å². The third-order valence-electron chi connectivity index (χ3n) is 3.84. The van der Waals surface area contributed by atoms with Crippen molar-refractivity contribution in [1.82, 2.24) is 4.98 Å². The minimum atomic E-state index is -0.290. The molecule has 6 nitrogen and oxygen atoms in total. The number of ketones is 1. The summed E-state index contributed by atoms with van der Waals surface area (Å²) >= 11 is 0. The van der Waals surface area contributed by atoms with Crippen molar-refractivity contribution in [2.75, 3.05) is 10.6 Å². The molecule has 6 heteroatoms. The van der Waals surface area contributed by atoms with Crippen LogP contribution in [0.25, 0.3) is 0 Å². The van der Waals surface area contributed by atoms with E-state index in [1.807, 2.05) is 6.07 Å². The summed E-state index contributed by atoms with van der Waals surface area (Å²) in [6, 6.07) is 19.0. The molecule has 0 saturated heterocycles. The SMILES string of the molecule is CC(=O)c1ccc(NC(=O)c2ccnc(Nc3cccc(C#N)c3)c2)cc1.